The minimum Gasteiger partial charge on any atom is -0.330 e. The third-order valence-corrected chi connectivity index (χ3v) is 15.1. The normalized spacial score (nSPS) is 44.3. The van der Waals surface area contributed by atoms with E-state index in [1.165, 1.54) is 83.5 Å². The van der Waals surface area contributed by atoms with Crippen LogP contribution in [0.1, 0.15) is 146 Å². The van der Waals surface area contributed by atoms with E-state index in [2.05, 4.69) is 68.4 Å². The van der Waals surface area contributed by atoms with Crippen molar-refractivity contribution in [2.45, 2.75) is 146 Å². The molecular weight excluding hydrogens is 494 g/mol. The Hall–Kier alpha value is -0.820. The van der Waals surface area contributed by atoms with Gasteiger partial charge in [0.05, 0.1) is 0 Å². The molecule has 8 unspecified atom stereocenters. The second kappa shape index (κ2) is 10.4. The lowest BCUT2D eigenvalue weighted by Crippen LogP contribution is -2.54. The van der Waals surface area contributed by atoms with E-state index in [0.29, 0.717) is 28.1 Å². The molecule has 8 atom stereocenters. The Kier molecular flexibility index (Phi) is 7.65. The lowest BCUT2D eigenvalue weighted by Gasteiger charge is -2.62. The first kappa shape index (κ1) is 30.2. The van der Waals surface area contributed by atoms with Crippen LogP contribution in [0.5, 0.6) is 0 Å². The molecule has 2 fully saturated rings. The first-order chi connectivity index (χ1) is 19.2. The molecule has 2 saturated carbocycles. The fourth-order valence-corrected chi connectivity index (χ4v) is 12.5. The zero-order valence-electron chi connectivity index (χ0n) is 28.6. The van der Waals surface area contributed by atoms with Crippen LogP contribution >= 0.6 is 0 Å². The first-order valence-electron chi connectivity index (χ1n) is 18.1. The molecule has 2 N–H and O–H groups in total. The van der Waals surface area contributed by atoms with Crippen molar-refractivity contribution in [3.63, 3.8) is 0 Å². The smallest absolute Gasteiger partial charge is 0.00191 e. The van der Waals surface area contributed by atoms with Crippen LogP contribution in [0, 0.1) is 63.1 Å². The number of rotatable bonds is 4. The quantitative estimate of drug-likeness (QED) is 0.341. The van der Waals surface area contributed by atoms with Crippen LogP contribution in [-0.4, -0.2) is 6.54 Å². The highest BCUT2D eigenvalue weighted by Gasteiger charge is 2.58. The molecule has 0 aromatic carbocycles. The largest absolute Gasteiger partial charge is 0.330 e. The van der Waals surface area contributed by atoms with Crippen LogP contribution in [0.25, 0.3) is 0 Å². The van der Waals surface area contributed by atoms with Crippen LogP contribution in [0.2, 0.25) is 0 Å². The average Bonchev–Trinajstić information content (AvgIpc) is 2.92. The third kappa shape index (κ3) is 4.63. The minimum atomic E-state index is 0.280. The lowest BCUT2D eigenvalue weighted by atomic mass is 9.43. The molecule has 6 aliphatic rings. The van der Waals surface area contributed by atoms with E-state index in [1.807, 2.05) is 22.3 Å². The summed E-state index contributed by atoms with van der Waals surface area (Å²) in [6, 6.07) is 0. The van der Waals surface area contributed by atoms with E-state index in [9.17, 15) is 0 Å². The Morgan fingerprint density at radius 1 is 0.829 bits per heavy atom. The van der Waals surface area contributed by atoms with Gasteiger partial charge in [0.1, 0.15) is 0 Å². The Morgan fingerprint density at radius 3 is 2.24 bits per heavy atom. The Morgan fingerprint density at radius 2 is 1.56 bits per heavy atom. The van der Waals surface area contributed by atoms with Crippen molar-refractivity contribution in [1.82, 2.24) is 0 Å². The summed E-state index contributed by atoms with van der Waals surface area (Å²) in [5.74, 6) is 5.27. The topological polar surface area (TPSA) is 26.0 Å². The molecule has 0 saturated heterocycles. The number of hydrogen-bond acceptors (Lipinski definition) is 1. The number of fused-ring (bicyclic) bond motifs is 5. The molecule has 0 spiro atoms. The Labute approximate surface area is 254 Å². The summed E-state index contributed by atoms with van der Waals surface area (Å²) in [4.78, 5) is 0. The molecule has 6 rings (SSSR count). The second-order valence-corrected chi connectivity index (χ2v) is 18.3. The highest BCUT2D eigenvalue weighted by Crippen LogP contribution is 2.68. The zero-order valence-corrected chi connectivity index (χ0v) is 28.6. The van der Waals surface area contributed by atoms with Gasteiger partial charge in [-0.25, -0.2) is 0 Å². The molecule has 230 valence electrons. The molecule has 1 nitrogen and oxygen atoms in total. The van der Waals surface area contributed by atoms with E-state index < -0.39 is 0 Å². The molecule has 0 aromatic heterocycles. The predicted octanol–water partition coefficient (Wildman–Crippen LogP) is 11.1. The molecule has 0 bridgehead atoms. The summed E-state index contributed by atoms with van der Waals surface area (Å²) < 4.78 is 0. The molecule has 6 aliphatic carbocycles. The number of hydrogen-bond donors (Lipinski definition) is 1. The molecule has 0 aliphatic heterocycles. The van der Waals surface area contributed by atoms with E-state index in [1.54, 1.807) is 5.57 Å². The van der Waals surface area contributed by atoms with Crippen molar-refractivity contribution in [2.24, 2.45) is 68.8 Å². The Balaban J connectivity index is 1.57. The van der Waals surface area contributed by atoms with Crippen molar-refractivity contribution in [2.75, 3.05) is 6.54 Å². The van der Waals surface area contributed by atoms with Crippen LogP contribution in [0.15, 0.2) is 33.9 Å². The van der Waals surface area contributed by atoms with Gasteiger partial charge in [0.15, 0.2) is 0 Å². The molecule has 0 aromatic rings. The zero-order chi connectivity index (χ0) is 29.5. The van der Waals surface area contributed by atoms with E-state index in [-0.39, 0.29) is 5.41 Å². The van der Waals surface area contributed by atoms with Gasteiger partial charge in [0.25, 0.3) is 0 Å². The van der Waals surface area contributed by atoms with Crippen LogP contribution in [0.3, 0.4) is 0 Å². The number of nitrogens with two attached hydrogens (primary N) is 1. The monoisotopic (exact) mass is 560 g/mol. The van der Waals surface area contributed by atoms with Gasteiger partial charge in [-0.2, -0.15) is 0 Å². The first-order valence-corrected chi connectivity index (χ1v) is 18.1. The summed E-state index contributed by atoms with van der Waals surface area (Å²) in [5, 5.41) is 0. The van der Waals surface area contributed by atoms with Crippen molar-refractivity contribution in [3.05, 3.63) is 33.9 Å². The molecule has 0 heterocycles. The summed E-state index contributed by atoms with van der Waals surface area (Å²) in [6.07, 6.45) is 20.7. The van der Waals surface area contributed by atoms with Crippen LogP contribution < -0.4 is 5.73 Å². The summed E-state index contributed by atoms with van der Waals surface area (Å²) >= 11 is 0. The fourth-order valence-electron chi connectivity index (χ4n) is 12.5. The molecule has 41 heavy (non-hydrogen) atoms. The Bertz CT molecular complexity index is 1130. The van der Waals surface area contributed by atoms with Crippen LogP contribution in [0.4, 0.5) is 0 Å². The minimum absolute atomic E-state index is 0.280. The summed E-state index contributed by atoms with van der Waals surface area (Å²) in [5.41, 5.74) is 17.6. The molecule has 1 heteroatoms. The van der Waals surface area contributed by atoms with Gasteiger partial charge >= 0.3 is 0 Å². The van der Waals surface area contributed by atoms with Crippen molar-refractivity contribution >= 4 is 0 Å². The van der Waals surface area contributed by atoms with E-state index in [0.717, 1.165) is 36.1 Å². The van der Waals surface area contributed by atoms with Gasteiger partial charge in [-0.1, -0.05) is 104 Å². The van der Waals surface area contributed by atoms with Gasteiger partial charge in [-0.3, -0.25) is 0 Å². The van der Waals surface area contributed by atoms with Crippen molar-refractivity contribution < 1.29 is 0 Å². The standard InChI is InChI=1S/C40H65N/c1-25(2)27-12-14-33-31(20-27)29(22-35-37(5,6)16-10-18-39(33,35)8)30-23-36-38(7,24-41)17-11-19-40(36,9)34-15-13-28(26(3)4)21-32(30)34/h20,25-26,28,30,33,35-36H,10-19,21-24,41H2,1-9H3. The third-order valence-electron chi connectivity index (χ3n) is 15.1. The summed E-state index contributed by atoms with van der Waals surface area (Å²) in [7, 11) is 0. The summed E-state index contributed by atoms with van der Waals surface area (Å²) in [6.45, 7) is 24.0. The molecule has 0 amide bonds. The van der Waals surface area contributed by atoms with Crippen molar-refractivity contribution in [1.29, 1.82) is 0 Å². The second-order valence-electron chi connectivity index (χ2n) is 18.3. The number of allylic oxidation sites excluding steroid dienone is 6. The fraction of sp³-hybridized carbons (Fsp3) is 0.850. The maximum atomic E-state index is 6.72. The van der Waals surface area contributed by atoms with Crippen LogP contribution in [-0.2, 0) is 0 Å². The lowest BCUT2D eigenvalue weighted by molar-refractivity contribution is -0.0473. The molecule has 0 radical (unpaired) electrons. The maximum Gasteiger partial charge on any atom is 0.00191 e. The van der Waals surface area contributed by atoms with Gasteiger partial charge in [-0.15, -0.1) is 0 Å². The van der Waals surface area contributed by atoms with Gasteiger partial charge < -0.3 is 5.73 Å². The highest BCUT2D eigenvalue weighted by atomic mass is 14.7. The SMILES string of the molecule is CC(C)C1=CC2=C(C3CC4C(C)(CN)CCCC4(C)C4=C3CC(C(C)C)CC4)CC3C(C)(C)CCCC3(C)C2CC1. The van der Waals surface area contributed by atoms with E-state index in [4.69, 9.17) is 5.73 Å². The highest BCUT2D eigenvalue weighted by molar-refractivity contribution is 5.46. The van der Waals surface area contributed by atoms with Gasteiger partial charge in [-0.05, 0) is 140 Å². The van der Waals surface area contributed by atoms with Gasteiger partial charge in [0, 0.05) is 5.92 Å². The average molecular weight is 560 g/mol. The van der Waals surface area contributed by atoms with Crippen molar-refractivity contribution in [3.8, 4) is 0 Å². The maximum absolute atomic E-state index is 6.72. The molecular formula is C40H65N. The predicted molar refractivity (Wildman–Crippen MR) is 176 cm³/mol. The van der Waals surface area contributed by atoms with Gasteiger partial charge in [0.2, 0.25) is 0 Å². The van der Waals surface area contributed by atoms with E-state index >= 15 is 0 Å².